The standard InChI is InChI=1S/C12H20N4O4/c1-5(17)7(8(13)18)16-4-12(10(16)20)6(2)11(3,14)9(19)15-12/h5-7,17H,4,14H2,1-3H3,(H2,13,18)(H,15,19)/t5-,6?,7+,11?,12?/m1/s1. The predicted molar refractivity (Wildman–Crippen MR) is 69.0 cm³/mol. The van der Waals surface area contributed by atoms with E-state index in [1.807, 2.05) is 0 Å². The number of amides is 3. The second-order valence-corrected chi connectivity index (χ2v) is 5.95. The fourth-order valence-corrected chi connectivity index (χ4v) is 3.02. The molecular formula is C12H20N4O4. The molecule has 0 bridgehead atoms. The molecule has 112 valence electrons. The number of nitrogens with two attached hydrogens (primary N) is 2. The van der Waals surface area contributed by atoms with Gasteiger partial charge in [-0.05, 0) is 13.8 Å². The first kappa shape index (κ1) is 14.7. The Morgan fingerprint density at radius 3 is 2.40 bits per heavy atom. The first-order chi connectivity index (χ1) is 9.05. The highest BCUT2D eigenvalue weighted by molar-refractivity contribution is 6.05. The minimum absolute atomic E-state index is 0.115. The van der Waals surface area contributed by atoms with Gasteiger partial charge in [-0.3, -0.25) is 14.4 Å². The van der Waals surface area contributed by atoms with Crippen molar-refractivity contribution >= 4 is 17.7 Å². The maximum absolute atomic E-state index is 12.4. The van der Waals surface area contributed by atoms with Crippen LogP contribution in [0.15, 0.2) is 0 Å². The third kappa shape index (κ3) is 1.64. The lowest BCUT2D eigenvalue weighted by Gasteiger charge is -2.52. The van der Waals surface area contributed by atoms with Gasteiger partial charge in [0.25, 0.3) is 5.91 Å². The van der Waals surface area contributed by atoms with Crippen LogP contribution in [-0.4, -0.2) is 57.5 Å². The Hall–Kier alpha value is -1.67. The maximum Gasteiger partial charge on any atom is 0.251 e. The summed E-state index contributed by atoms with van der Waals surface area (Å²) in [5.41, 5.74) is 8.90. The van der Waals surface area contributed by atoms with Gasteiger partial charge in [-0.1, -0.05) is 6.92 Å². The van der Waals surface area contributed by atoms with Crippen LogP contribution in [0.4, 0.5) is 0 Å². The van der Waals surface area contributed by atoms with Crippen molar-refractivity contribution in [1.82, 2.24) is 10.2 Å². The number of primary amides is 1. The summed E-state index contributed by atoms with van der Waals surface area (Å²) in [6.07, 6.45) is -1.08. The SMILES string of the molecule is CC1C(C)(N)C(=O)NC12CN([C@H](C(N)=O)[C@@H](C)O)C2=O. The zero-order valence-electron chi connectivity index (χ0n) is 11.7. The minimum atomic E-state index is -1.14. The van der Waals surface area contributed by atoms with Crippen LogP contribution in [0, 0.1) is 5.92 Å². The minimum Gasteiger partial charge on any atom is -0.391 e. The van der Waals surface area contributed by atoms with E-state index >= 15 is 0 Å². The topological polar surface area (TPSA) is 139 Å². The van der Waals surface area contributed by atoms with Gasteiger partial charge < -0.3 is 26.8 Å². The molecule has 2 aliphatic heterocycles. The Morgan fingerprint density at radius 2 is 2.10 bits per heavy atom. The van der Waals surface area contributed by atoms with E-state index in [9.17, 15) is 19.5 Å². The maximum atomic E-state index is 12.4. The van der Waals surface area contributed by atoms with Crippen molar-refractivity contribution < 1.29 is 19.5 Å². The average Bonchev–Trinajstić information content (AvgIpc) is 2.50. The number of likely N-dealkylation sites (tertiary alicyclic amines) is 1. The van der Waals surface area contributed by atoms with E-state index in [1.54, 1.807) is 13.8 Å². The third-order valence-electron chi connectivity index (χ3n) is 4.61. The summed E-state index contributed by atoms with van der Waals surface area (Å²) in [7, 11) is 0. The van der Waals surface area contributed by atoms with Crippen LogP contribution in [0.3, 0.4) is 0 Å². The van der Waals surface area contributed by atoms with Gasteiger partial charge in [0.1, 0.15) is 11.6 Å². The Bertz CT molecular complexity index is 490. The van der Waals surface area contributed by atoms with Gasteiger partial charge in [-0.15, -0.1) is 0 Å². The van der Waals surface area contributed by atoms with Crippen LogP contribution in [0.2, 0.25) is 0 Å². The van der Waals surface area contributed by atoms with E-state index in [2.05, 4.69) is 5.32 Å². The molecule has 8 heteroatoms. The molecule has 0 aromatic rings. The Balaban J connectivity index is 2.25. The molecule has 0 aromatic heterocycles. The molecular weight excluding hydrogens is 264 g/mol. The first-order valence-electron chi connectivity index (χ1n) is 6.45. The number of hydrogen-bond donors (Lipinski definition) is 4. The van der Waals surface area contributed by atoms with Gasteiger partial charge in [0, 0.05) is 5.92 Å². The Labute approximate surface area is 116 Å². The molecule has 2 heterocycles. The molecule has 2 saturated heterocycles. The molecule has 8 nitrogen and oxygen atoms in total. The lowest BCUT2D eigenvalue weighted by molar-refractivity contribution is -0.166. The number of β-lactam (4-membered cyclic amide) rings is 1. The van der Waals surface area contributed by atoms with Crippen molar-refractivity contribution in [1.29, 1.82) is 0 Å². The summed E-state index contributed by atoms with van der Waals surface area (Å²) >= 11 is 0. The number of carbonyl (C=O) groups is 3. The van der Waals surface area contributed by atoms with E-state index < -0.39 is 46.9 Å². The van der Waals surface area contributed by atoms with Crippen LogP contribution in [0.5, 0.6) is 0 Å². The number of carbonyl (C=O) groups excluding carboxylic acids is 3. The van der Waals surface area contributed by atoms with Crippen molar-refractivity contribution in [2.45, 2.75) is 44.0 Å². The molecule has 3 amide bonds. The number of nitrogens with zero attached hydrogens (tertiary/aromatic N) is 1. The molecule has 0 aliphatic carbocycles. The number of rotatable bonds is 3. The van der Waals surface area contributed by atoms with E-state index in [0.29, 0.717) is 0 Å². The summed E-state index contributed by atoms with van der Waals surface area (Å²) in [5, 5.41) is 12.2. The first-order valence-corrected chi connectivity index (χ1v) is 6.45. The zero-order chi connectivity index (χ0) is 15.5. The fourth-order valence-electron chi connectivity index (χ4n) is 3.02. The largest absolute Gasteiger partial charge is 0.391 e. The van der Waals surface area contributed by atoms with Crippen LogP contribution < -0.4 is 16.8 Å². The van der Waals surface area contributed by atoms with Crippen LogP contribution in [-0.2, 0) is 14.4 Å². The smallest absolute Gasteiger partial charge is 0.251 e. The van der Waals surface area contributed by atoms with Gasteiger partial charge in [-0.2, -0.15) is 0 Å². The lowest BCUT2D eigenvalue weighted by Crippen LogP contribution is -2.78. The molecule has 2 rings (SSSR count). The van der Waals surface area contributed by atoms with E-state index in [4.69, 9.17) is 11.5 Å². The van der Waals surface area contributed by atoms with Crippen LogP contribution in [0.25, 0.3) is 0 Å². The van der Waals surface area contributed by atoms with Crippen molar-refractivity contribution in [3.63, 3.8) is 0 Å². The second-order valence-electron chi connectivity index (χ2n) is 5.95. The van der Waals surface area contributed by atoms with E-state index in [1.165, 1.54) is 11.8 Å². The molecule has 0 saturated carbocycles. The van der Waals surface area contributed by atoms with Crippen molar-refractivity contribution in [3.8, 4) is 0 Å². The fraction of sp³-hybridized carbons (Fsp3) is 0.750. The summed E-state index contributed by atoms with van der Waals surface area (Å²) < 4.78 is 0. The molecule has 0 aromatic carbocycles. The van der Waals surface area contributed by atoms with Gasteiger partial charge in [-0.25, -0.2) is 0 Å². The number of nitrogens with one attached hydrogen (secondary N) is 1. The van der Waals surface area contributed by atoms with Gasteiger partial charge in [0.15, 0.2) is 0 Å². The van der Waals surface area contributed by atoms with Crippen molar-refractivity contribution in [2.24, 2.45) is 17.4 Å². The molecule has 1 spiro atoms. The van der Waals surface area contributed by atoms with Gasteiger partial charge >= 0.3 is 0 Å². The number of aliphatic hydroxyl groups is 1. The Morgan fingerprint density at radius 1 is 1.55 bits per heavy atom. The highest BCUT2D eigenvalue weighted by Crippen LogP contribution is 2.41. The third-order valence-corrected chi connectivity index (χ3v) is 4.61. The van der Waals surface area contributed by atoms with Gasteiger partial charge in [0.05, 0.1) is 18.2 Å². The molecule has 6 N–H and O–H groups in total. The van der Waals surface area contributed by atoms with E-state index in [0.717, 1.165) is 0 Å². The number of aliphatic hydroxyl groups excluding tert-OH is 1. The van der Waals surface area contributed by atoms with Crippen molar-refractivity contribution in [2.75, 3.05) is 6.54 Å². The molecule has 5 atom stereocenters. The highest BCUT2D eigenvalue weighted by Gasteiger charge is 2.68. The summed E-state index contributed by atoms with van der Waals surface area (Å²) in [4.78, 5) is 36.8. The average molecular weight is 284 g/mol. The van der Waals surface area contributed by atoms with Crippen molar-refractivity contribution in [3.05, 3.63) is 0 Å². The predicted octanol–water partition coefficient (Wildman–Crippen LogP) is -2.71. The molecule has 2 fully saturated rings. The quantitative estimate of drug-likeness (QED) is 0.417. The van der Waals surface area contributed by atoms with Gasteiger partial charge in [0.2, 0.25) is 11.8 Å². The summed E-state index contributed by atoms with van der Waals surface area (Å²) in [6, 6.07) is -1.10. The summed E-state index contributed by atoms with van der Waals surface area (Å²) in [5.74, 6) is -2.03. The normalized spacial score (nSPS) is 39.5. The van der Waals surface area contributed by atoms with E-state index in [-0.39, 0.29) is 6.54 Å². The lowest BCUT2D eigenvalue weighted by atomic mass is 9.72. The molecule has 20 heavy (non-hydrogen) atoms. The molecule has 2 aliphatic rings. The highest BCUT2D eigenvalue weighted by atomic mass is 16.3. The Kier molecular flexibility index (Phi) is 3.06. The van der Waals surface area contributed by atoms with Crippen LogP contribution >= 0.6 is 0 Å². The molecule has 3 unspecified atom stereocenters. The van der Waals surface area contributed by atoms with Crippen LogP contribution in [0.1, 0.15) is 20.8 Å². The summed E-state index contributed by atoms with van der Waals surface area (Å²) in [6.45, 7) is 4.79. The zero-order valence-corrected chi connectivity index (χ0v) is 11.7. The molecule has 0 radical (unpaired) electrons. The monoisotopic (exact) mass is 284 g/mol. The number of hydrogen-bond acceptors (Lipinski definition) is 5. The second kappa shape index (κ2) is 4.16.